The molecule has 1 aliphatic carbocycles. The maximum atomic E-state index is 10.4. The van der Waals surface area contributed by atoms with E-state index in [0.717, 1.165) is 42.2 Å². The van der Waals surface area contributed by atoms with Crippen molar-refractivity contribution in [1.82, 2.24) is 9.78 Å². The molecule has 3 nitrogen and oxygen atoms in total. The van der Waals surface area contributed by atoms with Crippen molar-refractivity contribution in [3.05, 3.63) is 16.4 Å². The van der Waals surface area contributed by atoms with Gasteiger partial charge < -0.3 is 5.11 Å². The van der Waals surface area contributed by atoms with E-state index in [9.17, 15) is 5.11 Å². The third kappa shape index (κ3) is 2.50. The zero-order chi connectivity index (χ0) is 12.6. The first-order valence-corrected chi connectivity index (χ1v) is 6.83. The molecule has 1 fully saturated rings. The van der Waals surface area contributed by atoms with Gasteiger partial charge in [-0.25, -0.2) is 0 Å². The summed E-state index contributed by atoms with van der Waals surface area (Å²) in [4.78, 5) is 0. The van der Waals surface area contributed by atoms with E-state index in [1.807, 2.05) is 11.6 Å². The minimum atomic E-state index is -0.637. The fourth-order valence-corrected chi connectivity index (χ4v) is 2.71. The molecule has 1 heterocycles. The molecule has 0 bridgehead atoms. The van der Waals surface area contributed by atoms with Crippen molar-refractivity contribution in [2.24, 2.45) is 5.92 Å². The van der Waals surface area contributed by atoms with E-state index >= 15 is 0 Å². The van der Waals surface area contributed by atoms with Crippen molar-refractivity contribution in [2.45, 2.75) is 58.6 Å². The molecule has 17 heavy (non-hydrogen) atoms. The van der Waals surface area contributed by atoms with E-state index in [-0.39, 0.29) is 0 Å². The van der Waals surface area contributed by atoms with Crippen LogP contribution >= 0.6 is 11.6 Å². The molecule has 1 aromatic heterocycles. The number of halogens is 1. The monoisotopic (exact) mass is 256 g/mol. The lowest BCUT2D eigenvalue weighted by Gasteiger charge is -2.23. The van der Waals surface area contributed by atoms with Crippen LogP contribution in [0.25, 0.3) is 0 Å². The molecule has 2 rings (SSSR count). The largest absolute Gasteiger partial charge is 0.389 e. The lowest BCUT2D eigenvalue weighted by molar-refractivity contribution is 0.0352. The van der Waals surface area contributed by atoms with Gasteiger partial charge in [0.05, 0.1) is 22.0 Å². The van der Waals surface area contributed by atoms with E-state index in [0.29, 0.717) is 12.3 Å². The first-order chi connectivity index (χ1) is 7.99. The Bertz CT molecular complexity index is 408. The van der Waals surface area contributed by atoms with E-state index in [1.165, 1.54) is 0 Å². The Morgan fingerprint density at radius 2 is 2.12 bits per heavy atom. The summed E-state index contributed by atoms with van der Waals surface area (Å²) in [6, 6.07) is 0. The number of aryl methyl sites for hydroxylation is 2. The predicted molar refractivity (Wildman–Crippen MR) is 69.3 cm³/mol. The van der Waals surface area contributed by atoms with Crippen molar-refractivity contribution in [3.8, 4) is 0 Å². The number of aliphatic hydroxyl groups is 1. The summed E-state index contributed by atoms with van der Waals surface area (Å²) in [7, 11) is 0. The van der Waals surface area contributed by atoms with E-state index in [4.69, 9.17) is 11.6 Å². The molecule has 0 saturated heterocycles. The average molecular weight is 257 g/mol. The molecule has 1 aromatic rings. The highest BCUT2D eigenvalue weighted by molar-refractivity contribution is 6.31. The van der Waals surface area contributed by atoms with Crippen LogP contribution in [0, 0.1) is 5.92 Å². The van der Waals surface area contributed by atoms with Crippen LogP contribution < -0.4 is 0 Å². The third-order valence-electron chi connectivity index (χ3n) is 3.68. The second-order valence-electron chi connectivity index (χ2n) is 5.18. The van der Waals surface area contributed by atoms with Crippen molar-refractivity contribution in [1.29, 1.82) is 0 Å². The molecule has 96 valence electrons. The van der Waals surface area contributed by atoms with Crippen molar-refractivity contribution >= 4 is 11.6 Å². The Morgan fingerprint density at radius 1 is 1.47 bits per heavy atom. The maximum absolute atomic E-state index is 10.4. The maximum Gasteiger partial charge on any atom is 0.0850 e. The fourth-order valence-electron chi connectivity index (χ4n) is 2.37. The number of hydrogen-bond acceptors (Lipinski definition) is 2. The molecule has 1 N–H and O–H groups in total. The summed E-state index contributed by atoms with van der Waals surface area (Å²) in [5.74, 6) is 0.434. The Morgan fingerprint density at radius 3 is 2.59 bits per heavy atom. The van der Waals surface area contributed by atoms with Gasteiger partial charge in [0.2, 0.25) is 0 Å². The molecule has 0 aromatic carbocycles. The second kappa shape index (κ2) is 4.62. The van der Waals surface area contributed by atoms with Gasteiger partial charge in [-0.2, -0.15) is 5.10 Å². The minimum absolute atomic E-state index is 0.434. The van der Waals surface area contributed by atoms with Crippen LogP contribution in [0.4, 0.5) is 0 Å². The minimum Gasteiger partial charge on any atom is -0.389 e. The molecule has 0 aliphatic heterocycles. The molecule has 1 unspecified atom stereocenters. The SMILES string of the molecule is CCc1nn(CC)c(CC(C)(O)C2CC2)c1Cl. The van der Waals surface area contributed by atoms with E-state index in [2.05, 4.69) is 18.9 Å². The molecule has 1 saturated carbocycles. The van der Waals surface area contributed by atoms with Gasteiger partial charge in [-0.1, -0.05) is 18.5 Å². The van der Waals surface area contributed by atoms with Crippen LogP contribution in [-0.4, -0.2) is 20.5 Å². The normalized spacial score (nSPS) is 19.4. The zero-order valence-electron chi connectivity index (χ0n) is 10.8. The van der Waals surface area contributed by atoms with Crippen molar-refractivity contribution < 1.29 is 5.11 Å². The summed E-state index contributed by atoms with van der Waals surface area (Å²) >= 11 is 6.35. The number of nitrogens with zero attached hydrogens (tertiary/aromatic N) is 2. The van der Waals surface area contributed by atoms with Crippen LogP contribution in [-0.2, 0) is 19.4 Å². The van der Waals surface area contributed by atoms with E-state index in [1.54, 1.807) is 0 Å². The Kier molecular flexibility index (Phi) is 3.50. The summed E-state index contributed by atoms with van der Waals surface area (Å²) < 4.78 is 1.93. The fraction of sp³-hybridized carbons (Fsp3) is 0.769. The van der Waals surface area contributed by atoms with Gasteiger partial charge in [-0.15, -0.1) is 0 Å². The summed E-state index contributed by atoms with van der Waals surface area (Å²) in [6.45, 7) is 6.82. The van der Waals surface area contributed by atoms with Gasteiger partial charge in [0, 0.05) is 13.0 Å². The Labute approximate surface area is 108 Å². The van der Waals surface area contributed by atoms with Gasteiger partial charge in [-0.3, -0.25) is 4.68 Å². The molecule has 0 radical (unpaired) electrons. The number of aromatic nitrogens is 2. The highest BCUT2D eigenvalue weighted by Crippen LogP contribution is 2.42. The van der Waals surface area contributed by atoms with Crippen LogP contribution in [0.2, 0.25) is 5.02 Å². The molecular formula is C13H21ClN2O. The standard InChI is InChI=1S/C13H21ClN2O/c1-4-10-12(14)11(16(5-2)15-10)8-13(3,17)9-6-7-9/h9,17H,4-8H2,1-3H3. The topological polar surface area (TPSA) is 38.0 Å². The second-order valence-corrected chi connectivity index (χ2v) is 5.56. The van der Waals surface area contributed by atoms with Gasteiger partial charge in [0.15, 0.2) is 0 Å². The van der Waals surface area contributed by atoms with E-state index < -0.39 is 5.60 Å². The number of rotatable bonds is 5. The smallest absolute Gasteiger partial charge is 0.0850 e. The van der Waals surface area contributed by atoms with Crippen LogP contribution in [0.3, 0.4) is 0 Å². The molecule has 1 atom stereocenters. The molecule has 0 amide bonds. The summed E-state index contributed by atoms with van der Waals surface area (Å²) in [6.07, 6.45) is 3.71. The quantitative estimate of drug-likeness (QED) is 0.880. The van der Waals surface area contributed by atoms with Gasteiger partial charge in [0.25, 0.3) is 0 Å². The van der Waals surface area contributed by atoms with Gasteiger partial charge in [-0.05, 0) is 39.0 Å². The van der Waals surface area contributed by atoms with Crippen LogP contribution in [0.1, 0.15) is 45.0 Å². The highest BCUT2D eigenvalue weighted by Gasteiger charge is 2.41. The average Bonchev–Trinajstić information content (AvgIpc) is 3.08. The number of hydrogen-bond donors (Lipinski definition) is 1. The first kappa shape index (κ1) is 12.9. The molecule has 4 heteroatoms. The van der Waals surface area contributed by atoms with Crippen molar-refractivity contribution in [2.75, 3.05) is 0 Å². The summed E-state index contributed by atoms with van der Waals surface area (Å²) in [5.41, 5.74) is 1.29. The highest BCUT2D eigenvalue weighted by atomic mass is 35.5. The van der Waals surface area contributed by atoms with Crippen LogP contribution in [0.15, 0.2) is 0 Å². The molecule has 1 aliphatic rings. The Balaban J connectivity index is 2.27. The van der Waals surface area contributed by atoms with Gasteiger partial charge in [0.1, 0.15) is 0 Å². The predicted octanol–water partition coefficient (Wildman–Crippen LogP) is 2.82. The lowest BCUT2D eigenvalue weighted by atomic mass is 9.94. The zero-order valence-corrected chi connectivity index (χ0v) is 11.6. The molecule has 0 spiro atoms. The third-order valence-corrected chi connectivity index (χ3v) is 4.11. The van der Waals surface area contributed by atoms with Crippen molar-refractivity contribution in [3.63, 3.8) is 0 Å². The summed E-state index contributed by atoms with van der Waals surface area (Å²) in [5, 5.41) is 15.7. The first-order valence-electron chi connectivity index (χ1n) is 6.46. The molecular weight excluding hydrogens is 236 g/mol. The van der Waals surface area contributed by atoms with Gasteiger partial charge >= 0.3 is 0 Å². The van der Waals surface area contributed by atoms with Crippen LogP contribution in [0.5, 0.6) is 0 Å². The Hall–Kier alpha value is -0.540. The lowest BCUT2D eigenvalue weighted by Crippen LogP contribution is -2.31.